The minimum Gasteiger partial charge on any atom is -0.435 e. The Morgan fingerprint density at radius 2 is 2.14 bits per heavy atom. The third-order valence-corrected chi connectivity index (χ3v) is 4.86. The number of halogens is 2. The third-order valence-electron chi connectivity index (χ3n) is 4.86. The van der Waals surface area contributed by atoms with Crippen LogP contribution in [0.25, 0.3) is 0 Å². The Morgan fingerprint density at radius 3 is 2.86 bits per heavy atom. The first kappa shape index (κ1) is 20.2. The van der Waals surface area contributed by atoms with Crippen molar-refractivity contribution in [2.75, 3.05) is 19.6 Å². The molecule has 0 radical (unpaired) electrons. The summed E-state index contributed by atoms with van der Waals surface area (Å²) in [6, 6.07) is 6.25. The summed E-state index contributed by atoms with van der Waals surface area (Å²) in [5.74, 6) is 1.31. The summed E-state index contributed by atoms with van der Waals surface area (Å²) >= 11 is 0. The number of ether oxygens (including phenoxy) is 1. The van der Waals surface area contributed by atoms with Crippen LogP contribution < -0.4 is 10.1 Å². The van der Waals surface area contributed by atoms with Crippen LogP contribution in [-0.4, -0.2) is 51.8 Å². The number of amides is 1. The molecule has 1 aromatic carbocycles. The van der Waals surface area contributed by atoms with Crippen LogP contribution in [0.5, 0.6) is 5.75 Å². The van der Waals surface area contributed by atoms with E-state index in [1.54, 1.807) is 18.5 Å². The second-order valence-electron chi connectivity index (χ2n) is 6.85. The van der Waals surface area contributed by atoms with Gasteiger partial charge in [0.05, 0.1) is 6.54 Å². The Hall–Kier alpha value is -2.55. The molecule has 2 aromatic rings. The van der Waals surface area contributed by atoms with Crippen LogP contribution in [0.3, 0.4) is 0 Å². The number of aromatic nitrogens is 3. The van der Waals surface area contributed by atoms with E-state index in [4.69, 9.17) is 0 Å². The fourth-order valence-corrected chi connectivity index (χ4v) is 3.48. The van der Waals surface area contributed by atoms with Gasteiger partial charge >= 0.3 is 6.61 Å². The van der Waals surface area contributed by atoms with Crippen molar-refractivity contribution in [3.63, 3.8) is 0 Å². The van der Waals surface area contributed by atoms with E-state index in [1.807, 2.05) is 0 Å². The molecule has 1 saturated heterocycles. The monoisotopic (exact) mass is 393 g/mol. The minimum absolute atomic E-state index is 0.0643. The zero-order valence-corrected chi connectivity index (χ0v) is 15.9. The van der Waals surface area contributed by atoms with Gasteiger partial charge in [-0.1, -0.05) is 12.1 Å². The fourth-order valence-electron chi connectivity index (χ4n) is 3.48. The molecule has 7 nitrogen and oxygen atoms in total. The molecule has 3 rings (SSSR count). The molecule has 152 valence electrons. The number of nitrogens with zero attached hydrogens (tertiary/aromatic N) is 4. The minimum atomic E-state index is -2.84. The van der Waals surface area contributed by atoms with Gasteiger partial charge in [0.2, 0.25) is 5.91 Å². The number of hydrogen-bond acceptors (Lipinski definition) is 5. The second kappa shape index (κ2) is 9.59. The Balaban J connectivity index is 1.46. The van der Waals surface area contributed by atoms with E-state index >= 15 is 0 Å². The summed E-state index contributed by atoms with van der Waals surface area (Å²) in [5, 5.41) is 11.1. The van der Waals surface area contributed by atoms with Crippen molar-refractivity contribution in [1.82, 2.24) is 25.0 Å². The standard InChI is InChI=1S/C19H25F2N5O2/c1-2-26-13-23-24-18(26)15-4-3-9-25(11-15)12-17(27)22-10-14-5-7-16(8-6-14)28-19(20)21/h5-8,13,15,19H,2-4,9-12H2,1H3,(H,22,27). The van der Waals surface area contributed by atoms with Crippen LogP contribution in [-0.2, 0) is 17.9 Å². The maximum atomic E-state index is 12.3. The number of hydrogen-bond donors (Lipinski definition) is 1. The van der Waals surface area contributed by atoms with Crippen LogP contribution in [0.1, 0.15) is 37.1 Å². The highest BCUT2D eigenvalue weighted by atomic mass is 19.3. The highest BCUT2D eigenvalue weighted by molar-refractivity contribution is 5.78. The van der Waals surface area contributed by atoms with Gasteiger partial charge in [-0.05, 0) is 44.0 Å². The lowest BCUT2D eigenvalue weighted by atomic mass is 9.97. The molecule has 1 amide bonds. The lowest BCUT2D eigenvalue weighted by Gasteiger charge is -2.31. The molecule has 9 heteroatoms. The van der Waals surface area contributed by atoms with E-state index in [2.05, 4.69) is 36.6 Å². The number of rotatable bonds is 8. The number of benzene rings is 1. The van der Waals surface area contributed by atoms with E-state index in [9.17, 15) is 13.6 Å². The molecule has 1 atom stereocenters. The predicted octanol–water partition coefficient (Wildman–Crippen LogP) is 2.40. The van der Waals surface area contributed by atoms with Gasteiger partial charge in [-0.3, -0.25) is 9.69 Å². The summed E-state index contributed by atoms with van der Waals surface area (Å²) in [5.41, 5.74) is 0.822. The first-order valence-corrected chi connectivity index (χ1v) is 9.45. The van der Waals surface area contributed by atoms with Crippen molar-refractivity contribution in [3.05, 3.63) is 42.0 Å². The number of alkyl halides is 2. The lowest BCUT2D eigenvalue weighted by Crippen LogP contribution is -2.42. The molecule has 1 N–H and O–H groups in total. The SMILES string of the molecule is CCn1cnnc1C1CCCN(CC(=O)NCc2ccc(OC(F)F)cc2)C1. The zero-order chi connectivity index (χ0) is 19.9. The first-order chi connectivity index (χ1) is 13.5. The predicted molar refractivity (Wildman–Crippen MR) is 99.0 cm³/mol. The van der Waals surface area contributed by atoms with Gasteiger partial charge in [-0.15, -0.1) is 10.2 Å². The van der Waals surface area contributed by atoms with Crippen molar-refractivity contribution < 1.29 is 18.3 Å². The number of piperidine rings is 1. The molecular formula is C19H25F2N5O2. The van der Waals surface area contributed by atoms with E-state index in [0.717, 1.165) is 43.9 Å². The summed E-state index contributed by atoms with van der Waals surface area (Å²) in [6.45, 7) is 2.38. The zero-order valence-electron chi connectivity index (χ0n) is 15.9. The van der Waals surface area contributed by atoms with Crippen LogP contribution in [0.2, 0.25) is 0 Å². The lowest BCUT2D eigenvalue weighted by molar-refractivity contribution is -0.122. The van der Waals surface area contributed by atoms with Crippen molar-refractivity contribution in [2.24, 2.45) is 0 Å². The van der Waals surface area contributed by atoms with Crippen LogP contribution in [0, 0.1) is 0 Å². The molecular weight excluding hydrogens is 368 g/mol. The van der Waals surface area contributed by atoms with Gasteiger partial charge in [0, 0.05) is 25.6 Å². The average molecular weight is 393 g/mol. The Kier molecular flexibility index (Phi) is 6.91. The van der Waals surface area contributed by atoms with Crippen molar-refractivity contribution in [1.29, 1.82) is 0 Å². The number of likely N-dealkylation sites (tertiary alicyclic amines) is 1. The maximum Gasteiger partial charge on any atom is 0.387 e. The van der Waals surface area contributed by atoms with Gasteiger partial charge in [0.25, 0.3) is 0 Å². The van der Waals surface area contributed by atoms with E-state index in [1.165, 1.54) is 12.1 Å². The topological polar surface area (TPSA) is 72.3 Å². The van der Waals surface area contributed by atoms with Gasteiger partial charge in [0.15, 0.2) is 0 Å². The molecule has 28 heavy (non-hydrogen) atoms. The maximum absolute atomic E-state index is 12.3. The van der Waals surface area contributed by atoms with Crippen molar-refractivity contribution in [3.8, 4) is 5.75 Å². The Morgan fingerprint density at radius 1 is 1.36 bits per heavy atom. The van der Waals surface area contributed by atoms with E-state index in [0.29, 0.717) is 13.1 Å². The molecule has 1 aromatic heterocycles. The van der Waals surface area contributed by atoms with Gasteiger partial charge in [-0.2, -0.15) is 8.78 Å². The highest BCUT2D eigenvalue weighted by Gasteiger charge is 2.26. The van der Waals surface area contributed by atoms with Crippen molar-refractivity contribution in [2.45, 2.75) is 45.4 Å². The molecule has 0 bridgehead atoms. The normalized spacial score (nSPS) is 17.6. The van der Waals surface area contributed by atoms with Gasteiger partial charge in [0.1, 0.15) is 17.9 Å². The summed E-state index contributed by atoms with van der Waals surface area (Å²) in [6.07, 6.45) is 3.81. The number of carbonyl (C=O) groups is 1. The highest BCUT2D eigenvalue weighted by Crippen LogP contribution is 2.25. The summed E-state index contributed by atoms with van der Waals surface area (Å²) in [7, 11) is 0. The van der Waals surface area contributed by atoms with Crippen molar-refractivity contribution >= 4 is 5.91 Å². The smallest absolute Gasteiger partial charge is 0.387 e. The summed E-state index contributed by atoms with van der Waals surface area (Å²) < 4.78 is 30.7. The number of aryl methyl sites for hydroxylation is 1. The molecule has 2 heterocycles. The summed E-state index contributed by atoms with van der Waals surface area (Å²) in [4.78, 5) is 14.4. The first-order valence-electron chi connectivity index (χ1n) is 9.45. The number of carbonyl (C=O) groups excluding carboxylic acids is 1. The fraction of sp³-hybridized carbons (Fsp3) is 0.526. The van der Waals surface area contributed by atoms with Crippen LogP contribution in [0.4, 0.5) is 8.78 Å². The molecule has 0 spiro atoms. The Labute approximate surface area is 162 Å². The third kappa shape index (κ3) is 5.48. The van der Waals surface area contributed by atoms with Gasteiger partial charge in [-0.25, -0.2) is 0 Å². The second-order valence-corrected chi connectivity index (χ2v) is 6.85. The molecule has 0 saturated carbocycles. The molecule has 0 aliphatic carbocycles. The average Bonchev–Trinajstić information content (AvgIpc) is 3.16. The van der Waals surface area contributed by atoms with Gasteiger partial charge < -0.3 is 14.6 Å². The molecule has 1 aliphatic rings. The Bertz CT molecular complexity index is 766. The van der Waals surface area contributed by atoms with Crippen LogP contribution >= 0.6 is 0 Å². The van der Waals surface area contributed by atoms with Crippen LogP contribution in [0.15, 0.2) is 30.6 Å². The number of nitrogens with one attached hydrogen (secondary N) is 1. The molecule has 1 fully saturated rings. The van der Waals surface area contributed by atoms with E-state index < -0.39 is 6.61 Å². The molecule has 1 unspecified atom stereocenters. The quantitative estimate of drug-likeness (QED) is 0.746. The van der Waals surface area contributed by atoms with E-state index in [-0.39, 0.29) is 17.6 Å². The largest absolute Gasteiger partial charge is 0.435 e. The molecule has 1 aliphatic heterocycles.